The molecule has 38 heavy (non-hydrogen) atoms. The van der Waals surface area contributed by atoms with Crippen LogP contribution < -0.4 is 11.1 Å². The molecular formula is C28H33N4O6. The smallest absolute Gasteiger partial charge is 0.246 e. The highest BCUT2D eigenvalue weighted by atomic mass is 16.3. The van der Waals surface area contributed by atoms with Gasteiger partial charge in [0.2, 0.25) is 24.0 Å². The zero-order valence-electron chi connectivity index (χ0n) is 21.0. The normalized spacial score (nSPS) is 22.6. The number of carbonyl (C=O) groups excluding carboxylic acids is 4. The van der Waals surface area contributed by atoms with Crippen molar-refractivity contribution in [1.82, 2.24) is 15.1 Å². The lowest BCUT2D eigenvalue weighted by Gasteiger charge is -2.30. The van der Waals surface area contributed by atoms with Gasteiger partial charge in [-0.25, -0.2) is 0 Å². The molecule has 2 aromatic carbocycles. The molecular weight excluding hydrogens is 488 g/mol. The number of phenolic OH excluding ortho intramolecular Hbond substituents is 1. The summed E-state index contributed by atoms with van der Waals surface area (Å²) in [6.07, 6.45) is 2.43. The topological polar surface area (TPSA) is 153 Å². The molecule has 1 unspecified atom stereocenters. The van der Waals surface area contributed by atoms with Gasteiger partial charge in [0.25, 0.3) is 0 Å². The molecule has 201 valence electrons. The van der Waals surface area contributed by atoms with E-state index in [1.165, 1.54) is 21.9 Å². The van der Waals surface area contributed by atoms with Crippen molar-refractivity contribution in [3.8, 4) is 5.75 Å². The standard InChI is InChI=1S/C28H33N4O6/c29-21(15-18-5-2-1-3-6-18)27(37)31-13-4-7-23(31)26(36)30-22(16-19-8-10-20(34)11-9-19)28(38)32-14-12-25(35)24(32)17-33/h1-3,5-6,8-11,21-25,34-35H,4,7,12-16,29H2,(H,30,36)/t21-,22-,23-,24+,25?/m0/s1. The highest BCUT2D eigenvalue weighted by Crippen LogP contribution is 2.22. The van der Waals surface area contributed by atoms with Gasteiger partial charge in [-0.2, -0.15) is 0 Å². The number of nitrogens with one attached hydrogen (secondary N) is 1. The van der Waals surface area contributed by atoms with E-state index in [9.17, 15) is 29.4 Å². The van der Waals surface area contributed by atoms with Crippen LogP contribution in [0.3, 0.4) is 0 Å². The summed E-state index contributed by atoms with van der Waals surface area (Å²) in [7, 11) is 0. The van der Waals surface area contributed by atoms with Crippen molar-refractivity contribution in [1.29, 1.82) is 0 Å². The summed E-state index contributed by atoms with van der Waals surface area (Å²) >= 11 is 0. The van der Waals surface area contributed by atoms with Crippen molar-refractivity contribution < 1.29 is 29.4 Å². The molecule has 5 N–H and O–H groups in total. The minimum atomic E-state index is -1.11. The molecule has 0 aromatic heterocycles. The lowest BCUT2D eigenvalue weighted by atomic mass is 10.0. The Kier molecular flexibility index (Phi) is 8.75. The van der Waals surface area contributed by atoms with Gasteiger partial charge in [0.15, 0.2) is 0 Å². The molecule has 0 spiro atoms. The molecule has 10 nitrogen and oxygen atoms in total. The van der Waals surface area contributed by atoms with Gasteiger partial charge in [-0.1, -0.05) is 42.5 Å². The molecule has 3 amide bonds. The van der Waals surface area contributed by atoms with Gasteiger partial charge in [-0.3, -0.25) is 19.2 Å². The van der Waals surface area contributed by atoms with Crippen LogP contribution in [-0.2, 0) is 32.0 Å². The van der Waals surface area contributed by atoms with Crippen LogP contribution in [0.25, 0.3) is 0 Å². The highest BCUT2D eigenvalue weighted by molar-refractivity contribution is 5.94. The van der Waals surface area contributed by atoms with Gasteiger partial charge in [0.1, 0.15) is 23.9 Å². The van der Waals surface area contributed by atoms with Crippen LogP contribution in [0.1, 0.15) is 30.4 Å². The SMILES string of the molecule is N[C@@H](Cc1ccccc1)C(=O)N1CCC[C@H]1C(=O)N[C@@H](Cc1ccc(O)cc1)C(=O)N1CCC(O)[C@H]1[C]=O. The molecule has 4 rings (SSSR count). The van der Waals surface area contributed by atoms with Crippen LogP contribution in [-0.4, -0.2) is 87.4 Å². The van der Waals surface area contributed by atoms with Crippen molar-refractivity contribution >= 4 is 24.0 Å². The summed E-state index contributed by atoms with van der Waals surface area (Å²) in [5.74, 6) is -1.27. The lowest BCUT2D eigenvalue weighted by Crippen LogP contribution is -2.57. The first-order valence-corrected chi connectivity index (χ1v) is 12.8. The van der Waals surface area contributed by atoms with Crippen molar-refractivity contribution in [3.05, 3.63) is 65.7 Å². The fourth-order valence-electron chi connectivity index (χ4n) is 5.17. The maximum atomic E-state index is 13.5. The van der Waals surface area contributed by atoms with E-state index in [1.807, 2.05) is 30.3 Å². The fraction of sp³-hybridized carbons (Fsp3) is 0.429. The number of benzene rings is 2. The summed E-state index contributed by atoms with van der Waals surface area (Å²) in [6, 6.07) is 11.9. The zero-order valence-corrected chi connectivity index (χ0v) is 21.0. The first-order chi connectivity index (χ1) is 18.3. The average molecular weight is 522 g/mol. The molecule has 0 bridgehead atoms. The van der Waals surface area contributed by atoms with E-state index < -0.39 is 42.1 Å². The summed E-state index contributed by atoms with van der Waals surface area (Å²) in [5, 5.41) is 22.5. The maximum absolute atomic E-state index is 13.5. The van der Waals surface area contributed by atoms with Gasteiger partial charge < -0.3 is 31.1 Å². The van der Waals surface area contributed by atoms with E-state index in [0.29, 0.717) is 31.4 Å². The quantitative estimate of drug-likeness (QED) is 0.364. The van der Waals surface area contributed by atoms with Gasteiger partial charge in [0.05, 0.1) is 12.1 Å². The third kappa shape index (κ3) is 6.20. The Bertz CT molecular complexity index is 1140. The summed E-state index contributed by atoms with van der Waals surface area (Å²) in [4.78, 5) is 54.3. The van der Waals surface area contributed by atoms with Crippen molar-refractivity contribution in [2.75, 3.05) is 13.1 Å². The Hall–Kier alpha value is -3.76. The average Bonchev–Trinajstić information content (AvgIpc) is 3.56. The Labute approximate surface area is 221 Å². The van der Waals surface area contributed by atoms with E-state index in [4.69, 9.17) is 5.73 Å². The maximum Gasteiger partial charge on any atom is 0.246 e. The molecule has 2 saturated heterocycles. The molecule has 10 heteroatoms. The van der Waals surface area contributed by atoms with Crippen LogP contribution in [0.4, 0.5) is 0 Å². The lowest BCUT2D eigenvalue weighted by molar-refractivity contribution is -0.141. The van der Waals surface area contributed by atoms with Crippen LogP contribution in [0.2, 0.25) is 0 Å². The Balaban J connectivity index is 1.49. The third-order valence-electron chi connectivity index (χ3n) is 7.21. The summed E-state index contributed by atoms with van der Waals surface area (Å²) < 4.78 is 0. The number of likely N-dealkylation sites (tertiary alicyclic amines) is 2. The Morgan fingerprint density at radius 1 is 0.947 bits per heavy atom. The number of hydrogen-bond donors (Lipinski definition) is 4. The van der Waals surface area contributed by atoms with E-state index in [1.54, 1.807) is 18.4 Å². The number of aliphatic hydroxyl groups is 1. The van der Waals surface area contributed by atoms with Crippen molar-refractivity contribution in [2.45, 2.75) is 62.4 Å². The molecule has 1 radical (unpaired) electrons. The predicted molar refractivity (Wildman–Crippen MR) is 138 cm³/mol. The molecule has 2 aliphatic rings. The number of nitrogens with zero attached hydrogens (tertiary/aromatic N) is 2. The first-order valence-electron chi connectivity index (χ1n) is 12.8. The first kappa shape index (κ1) is 27.3. The van der Waals surface area contributed by atoms with Gasteiger partial charge in [0, 0.05) is 19.5 Å². The number of aliphatic hydroxyl groups excluding tert-OH is 1. The number of phenols is 1. The number of carbonyl (C=O) groups is 3. The van der Waals surface area contributed by atoms with Crippen molar-refractivity contribution in [3.63, 3.8) is 0 Å². The molecule has 2 fully saturated rings. The number of rotatable bonds is 9. The summed E-state index contributed by atoms with van der Waals surface area (Å²) in [5.41, 5.74) is 7.81. The number of aromatic hydroxyl groups is 1. The Morgan fingerprint density at radius 3 is 2.32 bits per heavy atom. The second-order valence-electron chi connectivity index (χ2n) is 9.87. The van der Waals surface area contributed by atoms with Crippen LogP contribution >= 0.6 is 0 Å². The van der Waals surface area contributed by atoms with Gasteiger partial charge in [-0.05, 0) is 48.9 Å². The van der Waals surface area contributed by atoms with E-state index in [-0.39, 0.29) is 31.0 Å². The molecule has 2 aromatic rings. The molecule has 2 aliphatic heterocycles. The molecule has 0 aliphatic carbocycles. The van der Waals surface area contributed by atoms with Crippen LogP contribution in [0.5, 0.6) is 5.75 Å². The van der Waals surface area contributed by atoms with E-state index in [0.717, 1.165) is 5.56 Å². The predicted octanol–water partition coefficient (Wildman–Crippen LogP) is 0.0520. The van der Waals surface area contributed by atoms with Crippen LogP contribution in [0.15, 0.2) is 54.6 Å². The number of nitrogens with two attached hydrogens (primary N) is 1. The zero-order chi connectivity index (χ0) is 27.2. The highest BCUT2D eigenvalue weighted by Gasteiger charge is 2.41. The van der Waals surface area contributed by atoms with Gasteiger partial charge >= 0.3 is 0 Å². The molecule has 2 heterocycles. The van der Waals surface area contributed by atoms with Crippen molar-refractivity contribution in [2.24, 2.45) is 5.73 Å². The second-order valence-corrected chi connectivity index (χ2v) is 9.87. The number of hydrogen-bond acceptors (Lipinski definition) is 7. The Morgan fingerprint density at radius 2 is 1.63 bits per heavy atom. The molecule has 5 atom stereocenters. The monoisotopic (exact) mass is 521 g/mol. The number of amides is 3. The van der Waals surface area contributed by atoms with Crippen LogP contribution in [0, 0.1) is 0 Å². The minimum absolute atomic E-state index is 0.0610. The van der Waals surface area contributed by atoms with E-state index >= 15 is 0 Å². The largest absolute Gasteiger partial charge is 0.508 e. The van der Waals surface area contributed by atoms with E-state index in [2.05, 4.69) is 5.32 Å². The minimum Gasteiger partial charge on any atom is -0.508 e. The molecule has 0 saturated carbocycles. The van der Waals surface area contributed by atoms with Gasteiger partial charge in [-0.15, -0.1) is 0 Å². The third-order valence-corrected chi connectivity index (χ3v) is 7.21. The fourth-order valence-corrected chi connectivity index (χ4v) is 5.17. The second kappa shape index (κ2) is 12.2. The summed E-state index contributed by atoms with van der Waals surface area (Å²) in [6.45, 7) is 0.542.